The molecule has 3 rings (SSSR count). The van der Waals surface area contributed by atoms with Crippen LogP contribution < -0.4 is 15.4 Å². The molecular weight excluding hydrogens is 316 g/mol. The highest BCUT2D eigenvalue weighted by Gasteiger charge is 2.15. The van der Waals surface area contributed by atoms with Gasteiger partial charge in [0.2, 0.25) is 0 Å². The number of benzene rings is 1. The predicted octanol–water partition coefficient (Wildman–Crippen LogP) is 2.80. The molecule has 0 bridgehead atoms. The van der Waals surface area contributed by atoms with E-state index in [-0.39, 0.29) is 5.91 Å². The molecule has 2 N–H and O–H groups in total. The number of aromatic nitrogens is 2. The summed E-state index contributed by atoms with van der Waals surface area (Å²) < 4.78 is 6.97. The van der Waals surface area contributed by atoms with Gasteiger partial charge in [-0.25, -0.2) is 4.98 Å². The molecule has 0 radical (unpaired) electrons. The number of imidazole rings is 1. The van der Waals surface area contributed by atoms with Crippen LogP contribution in [0.15, 0.2) is 42.6 Å². The van der Waals surface area contributed by atoms with Crippen LogP contribution in [0.1, 0.15) is 21.7 Å². The number of ether oxygens (including phenoxy) is 1. The highest BCUT2D eigenvalue weighted by molar-refractivity contribution is 5.94. The molecule has 0 fully saturated rings. The number of aryl methyl sites for hydroxylation is 2. The van der Waals surface area contributed by atoms with Gasteiger partial charge in [-0.1, -0.05) is 6.07 Å². The second-order valence-electron chi connectivity index (χ2n) is 5.89. The summed E-state index contributed by atoms with van der Waals surface area (Å²) >= 11 is 0. The molecule has 2 heterocycles. The maximum absolute atomic E-state index is 12.5. The van der Waals surface area contributed by atoms with Crippen LogP contribution in [0.2, 0.25) is 0 Å². The highest BCUT2D eigenvalue weighted by atomic mass is 16.5. The fourth-order valence-electron chi connectivity index (χ4n) is 2.72. The Morgan fingerprint density at radius 1 is 1.12 bits per heavy atom. The van der Waals surface area contributed by atoms with E-state index >= 15 is 0 Å². The van der Waals surface area contributed by atoms with Crippen LogP contribution in [-0.4, -0.2) is 35.5 Å². The van der Waals surface area contributed by atoms with Crippen molar-refractivity contribution in [3.63, 3.8) is 0 Å². The number of methoxy groups -OCH3 is 1. The second-order valence-corrected chi connectivity index (χ2v) is 5.89. The monoisotopic (exact) mass is 338 g/mol. The molecular formula is C19H22N4O2. The third kappa shape index (κ3) is 3.74. The number of pyridine rings is 1. The minimum atomic E-state index is -0.118. The molecule has 0 aliphatic carbocycles. The SMILES string of the molecule is COc1ccc(NCCNC(=O)c2c(C)nc3ccc(C)cn23)cc1. The first-order valence-electron chi connectivity index (χ1n) is 8.20. The van der Waals surface area contributed by atoms with Crippen LogP contribution in [-0.2, 0) is 0 Å². The molecule has 0 atom stereocenters. The Morgan fingerprint density at radius 3 is 2.60 bits per heavy atom. The van der Waals surface area contributed by atoms with E-state index in [2.05, 4.69) is 15.6 Å². The number of fused-ring (bicyclic) bond motifs is 1. The van der Waals surface area contributed by atoms with Gasteiger partial charge < -0.3 is 15.4 Å². The van der Waals surface area contributed by atoms with Gasteiger partial charge in [0.15, 0.2) is 0 Å². The van der Waals surface area contributed by atoms with E-state index in [1.807, 2.05) is 60.8 Å². The molecule has 0 aliphatic rings. The van der Waals surface area contributed by atoms with E-state index in [0.29, 0.717) is 18.8 Å². The number of carbonyl (C=O) groups excluding carboxylic acids is 1. The van der Waals surface area contributed by atoms with Crippen molar-refractivity contribution in [1.82, 2.24) is 14.7 Å². The van der Waals surface area contributed by atoms with Crippen molar-refractivity contribution in [2.45, 2.75) is 13.8 Å². The van der Waals surface area contributed by atoms with Crippen LogP contribution >= 0.6 is 0 Å². The number of nitrogens with zero attached hydrogens (tertiary/aromatic N) is 2. The van der Waals surface area contributed by atoms with Crippen molar-refractivity contribution in [2.75, 3.05) is 25.5 Å². The summed E-state index contributed by atoms with van der Waals surface area (Å²) in [6.07, 6.45) is 1.93. The van der Waals surface area contributed by atoms with Crippen LogP contribution in [0.5, 0.6) is 5.75 Å². The minimum absolute atomic E-state index is 0.118. The van der Waals surface area contributed by atoms with Gasteiger partial charge in [0.1, 0.15) is 17.1 Å². The van der Waals surface area contributed by atoms with Gasteiger partial charge in [0, 0.05) is 25.0 Å². The van der Waals surface area contributed by atoms with Crippen LogP contribution in [0, 0.1) is 13.8 Å². The molecule has 1 amide bonds. The molecule has 6 nitrogen and oxygen atoms in total. The summed E-state index contributed by atoms with van der Waals surface area (Å²) in [7, 11) is 1.64. The largest absolute Gasteiger partial charge is 0.497 e. The Balaban J connectivity index is 1.59. The van der Waals surface area contributed by atoms with E-state index in [9.17, 15) is 4.79 Å². The smallest absolute Gasteiger partial charge is 0.270 e. The minimum Gasteiger partial charge on any atom is -0.497 e. The normalized spacial score (nSPS) is 10.7. The number of rotatable bonds is 6. The Bertz CT molecular complexity index is 884. The maximum Gasteiger partial charge on any atom is 0.270 e. The molecule has 6 heteroatoms. The number of carbonyl (C=O) groups is 1. The number of hydrogen-bond donors (Lipinski definition) is 2. The number of amides is 1. The Kier molecular flexibility index (Phi) is 4.88. The van der Waals surface area contributed by atoms with Gasteiger partial charge in [-0.2, -0.15) is 0 Å². The molecule has 2 aromatic heterocycles. The van der Waals surface area contributed by atoms with Crippen molar-refractivity contribution in [2.24, 2.45) is 0 Å². The van der Waals surface area contributed by atoms with E-state index in [4.69, 9.17) is 4.74 Å². The summed E-state index contributed by atoms with van der Waals surface area (Å²) in [6, 6.07) is 11.6. The van der Waals surface area contributed by atoms with Gasteiger partial charge >= 0.3 is 0 Å². The first kappa shape index (κ1) is 16.8. The van der Waals surface area contributed by atoms with Gasteiger partial charge in [-0.3, -0.25) is 9.20 Å². The zero-order valence-electron chi connectivity index (χ0n) is 14.7. The summed E-state index contributed by atoms with van der Waals surface area (Å²) in [5.74, 6) is 0.698. The van der Waals surface area contributed by atoms with E-state index < -0.39 is 0 Å². The first-order chi connectivity index (χ1) is 12.1. The average Bonchev–Trinajstić information content (AvgIpc) is 2.94. The molecule has 0 aliphatic heterocycles. The lowest BCUT2D eigenvalue weighted by Gasteiger charge is -2.09. The molecule has 0 unspecified atom stereocenters. The van der Waals surface area contributed by atoms with Crippen molar-refractivity contribution in [3.05, 3.63) is 59.5 Å². The first-order valence-corrected chi connectivity index (χ1v) is 8.20. The Labute approximate surface area is 146 Å². The van der Waals surface area contributed by atoms with Crippen molar-refractivity contribution >= 4 is 17.2 Å². The summed E-state index contributed by atoms with van der Waals surface area (Å²) in [5, 5.41) is 6.21. The summed E-state index contributed by atoms with van der Waals surface area (Å²) in [4.78, 5) is 17.0. The van der Waals surface area contributed by atoms with Gasteiger partial charge in [-0.05, 0) is 49.7 Å². The number of anilines is 1. The van der Waals surface area contributed by atoms with Crippen molar-refractivity contribution in [3.8, 4) is 5.75 Å². The van der Waals surface area contributed by atoms with E-state index in [1.165, 1.54) is 0 Å². The standard InChI is InChI=1S/C19H22N4O2/c1-13-4-9-17-22-14(2)18(23(17)12-13)19(24)21-11-10-20-15-5-7-16(25-3)8-6-15/h4-9,12,20H,10-11H2,1-3H3,(H,21,24). The van der Waals surface area contributed by atoms with Gasteiger partial charge in [0.25, 0.3) is 5.91 Å². The molecule has 1 aromatic carbocycles. The third-order valence-corrected chi connectivity index (χ3v) is 3.99. The van der Waals surface area contributed by atoms with Gasteiger partial charge in [-0.15, -0.1) is 0 Å². The van der Waals surface area contributed by atoms with E-state index in [1.54, 1.807) is 7.11 Å². The van der Waals surface area contributed by atoms with Crippen molar-refractivity contribution < 1.29 is 9.53 Å². The average molecular weight is 338 g/mol. The molecule has 130 valence electrons. The highest BCUT2D eigenvalue weighted by Crippen LogP contribution is 2.15. The quantitative estimate of drug-likeness (QED) is 0.678. The summed E-state index contributed by atoms with van der Waals surface area (Å²) in [6.45, 7) is 5.00. The van der Waals surface area contributed by atoms with Crippen LogP contribution in [0.4, 0.5) is 5.69 Å². The van der Waals surface area contributed by atoms with Crippen LogP contribution in [0.25, 0.3) is 5.65 Å². The third-order valence-electron chi connectivity index (χ3n) is 3.99. The predicted molar refractivity (Wildman–Crippen MR) is 98.5 cm³/mol. The molecule has 0 saturated heterocycles. The molecule has 3 aromatic rings. The fraction of sp³-hybridized carbons (Fsp3) is 0.263. The lowest BCUT2D eigenvalue weighted by Crippen LogP contribution is -2.30. The topological polar surface area (TPSA) is 67.7 Å². The van der Waals surface area contributed by atoms with Crippen molar-refractivity contribution in [1.29, 1.82) is 0 Å². The fourth-order valence-corrected chi connectivity index (χ4v) is 2.72. The van der Waals surface area contributed by atoms with E-state index in [0.717, 1.165) is 28.3 Å². The number of hydrogen-bond acceptors (Lipinski definition) is 4. The second kappa shape index (κ2) is 7.25. The molecule has 0 saturated carbocycles. The van der Waals surface area contributed by atoms with Crippen LogP contribution in [0.3, 0.4) is 0 Å². The maximum atomic E-state index is 12.5. The van der Waals surface area contributed by atoms with Gasteiger partial charge in [0.05, 0.1) is 12.8 Å². The lowest BCUT2D eigenvalue weighted by atomic mass is 10.3. The zero-order chi connectivity index (χ0) is 17.8. The lowest BCUT2D eigenvalue weighted by molar-refractivity contribution is 0.0948. The Hall–Kier alpha value is -3.02. The summed E-state index contributed by atoms with van der Waals surface area (Å²) in [5.41, 5.74) is 4.16. The molecule has 25 heavy (non-hydrogen) atoms. The number of nitrogens with one attached hydrogen (secondary N) is 2. The Morgan fingerprint density at radius 2 is 1.88 bits per heavy atom. The zero-order valence-corrected chi connectivity index (χ0v) is 14.7. The molecule has 0 spiro atoms.